The Morgan fingerprint density at radius 1 is 1.00 bits per heavy atom. The van der Waals surface area contributed by atoms with E-state index in [0.29, 0.717) is 13.1 Å². The fraction of sp³-hybridized carbons (Fsp3) is 0.438. The Morgan fingerprint density at radius 2 is 1.66 bits per heavy atom. The van der Waals surface area contributed by atoms with E-state index >= 15 is 0 Å². The maximum Gasteiger partial charge on any atom is 0.335 e. The molecular formula is C32H39NO5. The Hall–Kier alpha value is -3.22. The molecule has 0 saturated carbocycles. The number of carboxylic acids is 2. The van der Waals surface area contributed by atoms with Crippen molar-refractivity contribution in [3.63, 3.8) is 0 Å². The number of hydrogen-bond donors (Lipinski definition) is 3. The summed E-state index contributed by atoms with van der Waals surface area (Å²) in [6.07, 6.45) is 7.78. The second kappa shape index (κ2) is 10.5. The molecule has 3 N–H and O–H groups in total. The first kappa shape index (κ1) is 27.8. The van der Waals surface area contributed by atoms with E-state index in [1.807, 2.05) is 11.0 Å². The predicted molar refractivity (Wildman–Crippen MR) is 150 cm³/mol. The summed E-state index contributed by atoms with van der Waals surface area (Å²) in [6, 6.07) is 10.3. The van der Waals surface area contributed by atoms with Gasteiger partial charge in [-0.15, -0.1) is 0 Å². The van der Waals surface area contributed by atoms with Gasteiger partial charge in [0.05, 0.1) is 11.7 Å². The van der Waals surface area contributed by atoms with Crippen molar-refractivity contribution in [1.29, 1.82) is 0 Å². The van der Waals surface area contributed by atoms with Gasteiger partial charge < -0.3 is 15.3 Å². The molecule has 0 fully saturated rings. The Balaban J connectivity index is 1.74. The molecule has 0 aromatic heterocycles. The Bertz CT molecular complexity index is 1290. The standard InChI is InChI=1S/C32H39NO5/c1-20(29(35)36)33-16-12-22(13-17-33)25-18-24(19-26-28(25)32(4,5)15-14-31(26,2)3)27(34)11-8-21-6-9-23(10-7-21)30(37)38/h6-12,18-20,27,34H,13-17H2,1-5H3,(H,35,36)(H,37,38). The van der Waals surface area contributed by atoms with Crippen LogP contribution in [-0.4, -0.2) is 51.3 Å². The number of carboxylic acid groups (broad SMARTS) is 2. The fourth-order valence-corrected chi connectivity index (χ4v) is 5.72. The summed E-state index contributed by atoms with van der Waals surface area (Å²) in [4.78, 5) is 24.6. The van der Waals surface area contributed by atoms with Gasteiger partial charge in [0.15, 0.2) is 0 Å². The van der Waals surface area contributed by atoms with Crippen LogP contribution in [0.25, 0.3) is 11.6 Å². The summed E-state index contributed by atoms with van der Waals surface area (Å²) in [5.74, 6) is -1.78. The second-order valence-electron chi connectivity index (χ2n) is 12.0. The largest absolute Gasteiger partial charge is 0.480 e. The molecule has 4 rings (SSSR count). The van der Waals surface area contributed by atoms with Crippen molar-refractivity contribution in [3.8, 4) is 0 Å². The minimum absolute atomic E-state index is 0.0161. The number of fused-ring (bicyclic) bond motifs is 1. The molecule has 0 radical (unpaired) electrons. The molecule has 2 atom stereocenters. The number of aliphatic hydroxyl groups excluding tert-OH is 1. The third-order valence-electron chi connectivity index (χ3n) is 8.40. The number of aliphatic carboxylic acids is 1. The lowest BCUT2D eigenvalue weighted by Gasteiger charge is -2.44. The van der Waals surface area contributed by atoms with Crippen molar-refractivity contribution in [3.05, 3.63) is 81.9 Å². The number of nitrogens with zero attached hydrogens (tertiary/aromatic N) is 1. The monoisotopic (exact) mass is 517 g/mol. The highest BCUT2D eigenvalue weighted by atomic mass is 16.4. The number of aliphatic hydroxyl groups is 1. The molecule has 202 valence electrons. The highest BCUT2D eigenvalue weighted by Crippen LogP contribution is 2.50. The Morgan fingerprint density at radius 3 is 2.24 bits per heavy atom. The summed E-state index contributed by atoms with van der Waals surface area (Å²) >= 11 is 0. The lowest BCUT2D eigenvalue weighted by atomic mass is 9.61. The molecule has 2 unspecified atom stereocenters. The van der Waals surface area contributed by atoms with Crippen LogP contribution in [0.2, 0.25) is 0 Å². The molecule has 0 amide bonds. The smallest absolute Gasteiger partial charge is 0.335 e. The van der Waals surface area contributed by atoms with E-state index in [2.05, 4.69) is 45.9 Å². The van der Waals surface area contributed by atoms with Gasteiger partial charge in [-0.1, -0.05) is 64.1 Å². The highest BCUT2D eigenvalue weighted by molar-refractivity contribution is 5.87. The SMILES string of the molecule is CC(C(=O)O)N1CC=C(c2cc(C(O)C=Cc3ccc(C(=O)O)cc3)cc3c2C(C)(C)CCC3(C)C)CC1. The quantitative estimate of drug-likeness (QED) is 0.414. The summed E-state index contributed by atoms with van der Waals surface area (Å²) in [5, 5.41) is 29.8. The van der Waals surface area contributed by atoms with Crippen LogP contribution < -0.4 is 0 Å². The van der Waals surface area contributed by atoms with Crippen LogP contribution in [0.15, 0.2) is 48.6 Å². The van der Waals surface area contributed by atoms with Crippen LogP contribution in [0.1, 0.15) is 98.2 Å². The Kier molecular flexibility index (Phi) is 7.69. The second-order valence-corrected chi connectivity index (χ2v) is 12.0. The predicted octanol–water partition coefficient (Wildman–Crippen LogP) is 6.04. The molecule has 0 spiro atoms. The fourth-order valence-electron chi connectivity index (χ4n) is 5.72. The van der Waals surface area contributed by atoms with Gasteiger partial charge >= 0.3 is 11.9 Å². The van der Waals surface area contributed by atoms with Gasteiger partial charge in [-0.3, -0.25) is 9.69 Å². The third kappa shape index (κ3) is 5.62. The average molecular weight is 518 g/mol. The van der Waals surface area contributed by atoms with Gasteiger partial charge in [0.1, 0.15) is 6.04 Å². The maximum atomic E-state index is 11.5. The van der Waals surface area contributed by atoms with Crippen LogP contribution in [0.3, 0.4) is 0 Å². The van der Waals surface area contributed by atoms with Crippen LogP contribution in [0.4, 0.5) is 0 Å². The summed E-state index contributed by atoms with van der Waals surface area (Å²) in [7, 11) is 0. The van der Waals surface area contributed by atoms with E-state index < -0.39 is 24.1 Å². The molecule has 38 heavy (non-hydrogen) atoms. The van der Waals surface area contributed by atoms with Crippen molar-refractivity contribution < 1.29 is 24.9 Å². The van der Waals surface area contributed by atoms with E-state index in [9.17, 15) is 19.8 Å². The Labute approximate surface area is 225 Å². The lowest BCUT2D eigenvalue weighted by molar-refractivity contribution is -0.142. The molecule has 2 aromatic rings. The number of aromatic carboxylic acids is 1. The van der Waals surface area contributed by atoms with Crippen molar-refractivity contribution in [1.82, 2.24) is 4.90 Å². The number of carbonyl (C=O) groups is 2. The normalized spacial score (nSPS) is 20.4. The average Bonchev–Trinajstić information content (AvgIpc) is 2.89. The molecular weight excluding hydrogens is 478 g/mol. The molecule has 2 aliphatic rings. The van der Waals surface area contributed by atoms with Gasteiger partial charge in [-0.2, -0.15) is 0 Å². The molecule has 0 saturated heterocycles. The van der Waals surface area contributed by atoms with Crippen LogP contribution >= 0.6 is 0 Å². The van der Waals surface area contributed by atoms with Gasteiger partial charge in [-0.25, -0.2) is 4.79 Å². The highest BCUT2D eigenvalue weighted by Gasteiger charge is 2.40. The first-order chi connectivity index (χ1) is 17.8. The summed E-state index contributed by atoms with van der Waals surface area (Å²) < 4.78 is 0. The van der Waals surface area contributed by atoms with Gasteiger partial charge in [-0.05, 0) is 88.6 Å². The van der Waals surface area contributed by atoms with Crippen molar-refractivity contribution in [2.75, 3.05) is 13.1 Å². The van der Waals surface area contributed by atoms with Gasteiger partial charge in [0, 0.05) is 13.1 Å². The summed E-state index contributed by atoms with van der Waals surface area (Å²) in [6.45, 7) is 12.1. The zero-order valence-electron chi connectivity index (χ0n) is 23.0. The first-order valence-corrected chi connectivity index (χ1v) is 13.3. The molecule has 6 nitrogen and oxygen atoms in total. The van der Waals surface area contributed by atoms with Crippen molar-refractivity contribution in [2.45, 2.75) is 76.9 Å². The van der Waals surface area contributed by atoms with E-state index in [1.54, 1.807) is 37.3 Å². The van der Waals surface area contributed by atoms with Gasteiger partial charge in [0.2, 0.25) is 0 Å². The zero-order chi connectivity index (χ0) is 27.8. The number of benzene rings is 2. The molecule has 1 heterocycles. The molecule has 6 heteroatoms. The third-order valence-corrected chi connectivity index (χ3v) is 8.40. The van der Waals surface area contributed by atoms with Crippen LogP contribution in [0, 0.1) is 0 Å². The maximum absolute atomic E-state index is 11.5. The van der Waals surface area contributed by atoms with Crippen molar-refractivity contribution in [2.24, 2.45) is 0 Å². The topological polar surface area (TPSA) is 98.1 Å². The molecule has 1 aliphatic carbocycles. The molecule has 1 aliphatic heterocycles. The summed E-state index contributed by atoms with van der Waals surface area (Å²) in [5.41, 5.74) is 6.79. The van der Waals surface area contributed by atoms with Crippen molar-refractivity contribution >= 4 is 23.6 Å². The van der Waals surface area contributed by atoms with Crippen LogP contribution in [-0.2, 0) is 15.6 Å². The van der Waals surface area contributed by atoms with Gasteiger partial charge in [0.25, 0.3) is 0 Å². The zero-order valence-corrected chi connectivity index (χ0v) is 23.0. The van der Waals surface area contributed by atoms with E-state index in [1.165, 1.54) is 16.7 Å². The van der Waals surface area contributed by atoms with E-state index in [4.69, 9.17) is 5.11 Å². The lowest BCUT2D eigenvalue weighted by Crippen LogP contribution is -2.41. The minimum atomic E-state index is -0.967. The molecule has 2 aromatic carbocycles. The van der Waals surface area contributed by atoms with E-state index in [-0.39, 0.29) is 16.4 Å². The molecule has 0 bridgehead atoms. The minimum Gasteiger partial charge on any atom is -0.480 e. The van der Waals surface area contributed by atoms with E-state index in [0.717, 1.165) is 36.0 Å². The van der Waals surface area contributed by atoms with Crippen LogP contribution in [0.5, 0.6) is 0 Å². The number of hydrogen-bond acceptors (Lipinski definition) is 4. The number of rotatable bonds is 7. The first-order valence-electron chi connectivity index (χ1n) is 13.3.